The van der Waals surface area contributed by atoms with E-state index in [4.69, 9.17) is 4.74 Å². The summed E-state index contributed by atoms with van der Waals surface area (Å²) in [6.45, 7) is 6.95. The molecule has 1 amide bonds. The van der Waals surface area contributed by atoms with Crippen molar-refractivity contribution in [2.75, 3.05) is 13.7 Å². The molecule has 3 unspecified atom stereocenters. The number of ether oxygens (including phenoxy) is 1. The molecule has 0 radical (unpaired) electrons. The Kier molecular flexibility index (Phi) is 4.88. The van der Waals surface area contributed by atoms with Gasteiger partial charge in [-0.3, -0.25) is 9.59 Å². The number of rotatable bonds is 3. The van der Waals surface area contributed by atoms with Gasteiger partial charge in [0.2, 0.25) is 5.91 Å². The van der Waals surface area contributed by atoms with Crippen molar-refractivity contribution in [3.8, 4) is 0 Å². The van der Waals surface area contributed by atoms with E-state index in [-0.39, 0.29) is 40.8 Å². The molecule has 156 valence electrons. The van der Waals surface area contributed by atoms with Gasteiger partial charge in [0, 0.05) is 24.9 Å². The van der Waals surface area contributed by atoms with E-state index in [1.54, 1.807) is 6.08 Å². The predicted molar refractivity (Wildman–Crippen MR) is 106 cm³/mol. The second kappa shape index (κ2) is 6.86. The molecule has 8 atom stereocenters. The first-order valence-corrected chi connectivity index (χ1v) is 11.0. The number of esters is 1. The van der Waals surface area contributed by atoms with Gasteiger partial charge in [-0.2, -0.15) is 0 Å². The average molecular weight is 390 g/mol. The summed E-state index contributed by atoms with van der Waals surface area (Å²) in [6, 6.07) is 0.0716. The van der Waals surface area contributed by atoms with Crippen molar-refractivity contribution in [1.82, 2.24) is 4.90 Å². The highest BCUT2D eigenvalue weighted by molar-refractivity contribution is 5.89. The molecule has 1 N–H and O–H groups in total. The molecule has 3 aliphatic carbocycles. The minimum Gasteiger partial charge on any atom is -0.466 e. The van der Waals surface area contributed by atoms with E-state index in [1.165, 1.54) is 0 Å². The molecular formula is C23H35NO4. The molecule has 4 rings (SSSR count). The largest absolute Gasteiger partial charge is 0.466 e. The number of amides is 1. The maximum absolute atomic E-state index is 12.2. The SMILES string of the molecule is CCOC(=O)CC1C[C@H]2[C@@H]3C(O)CC4N(C)C(=O)C=C[C@]4(C)[C@@H]3CC[C@]2(C)C1. The molecular weight excluding hydrogens is 354 g/mol. The van der Waals surface area contributed by atoms with E-state index >= 15 is 0 Å². The van der Waals surface area contributed by atoms with Gasteiger partial charge in [-0.25, -0.2) is 0 Å². The fourth-order valence-electron chi connectivity index (χ4n) is 7.50. The quantitative estimate of drug-likeness (QED) is 0.753. The molecule has 4 aliphatic rings. The van der Waals surface area contributed by atoms with Crippen molar-refractivity contribution >= 4 is 11.9 Å². The van der Waals surface area contributed by atoms with Crippen LogP contribution in [0.5, 0.6) is 0 Å². The molecule has 0 saturated heterocycles. The van der Waals surface area contributed by atoms with Crippen LogP contribution in [0.3, 0.4) is 0 Å². The highest BCUT2D eigenvalue weighted by Crippen LogP contribution is 2.65. The van der Waals surface area contributed by atoms with Crippen molar-refractivity contribution in [3.63, 3.8) is 0 Å². The Bertz CT molecular complexity index is 690. The minimum absolute atomic E-state index is 0.0455. The second-order valence-corrected chi connectivity index (χ2v) is 10.3. The highest BCUT2D eigenvalue weighted by atomic mass is 16.5. The summed E-state index contributed by atoms with van der Waals surface area (Å²) in [5.74, 6) is 1.39. The first-order valence-electron chi connectivity index (χ1n) is 11.0. The molecule has 0 aromatic rings. The summed E-state index contributed by atoms with van der Waals surface area (Å²) in [5.41, 5.74) is 0.121. The number of aliphatic hydroxyl groups excluding tert-OH is 1. The van der Waals surface area contributed by atoms with E-state index in [0.29, 0.717) is 37.2 Å². The van der Waals surface area contributed by atoms with Crippen LogP contribution in [0.2, 0.25) is 0 Å². The summed E-state index contributed by atoms with van der Waals surface area (Å²) in [7, 11) is 1.87. The molecule has 0 aromatic carbocycles. The maximum atomic E-state index is 12.2. The van der Waals surface area contributed by atoms with Gasteiger partial charge >= 0.3 is 5.97 Å². The zero-order valence-corrected chi connectivity index (χ0v) is 17.7. The van der Waals surface area contributed by atoms with Gasteiger partial charge in [-0.05, 0) is 74.2 Å². The molecule has 0 spiro atoms. The van der Waals surface area contributed by atoms with Gasteiger partial charge in [-0.15, -0.1) is 0 Å². The molecule has 0 aromatic heterocycles. The van der Waals surface area contributed by atoms with Crippen molar-refractivity contribution in [2.24, 2.45) is 34.5 Å². The van der Waals surface area contributed by atoms with Crippen molar-refractivity contribution in [2.45, 2.75) is 71.4 Å². The Hall–Kier alpha value is -1.36. The predicted octanol–water partition coefficient (Wildman–Crippen LogP) is 3.17. The lowest BCUT2D eigenvalue weighted by molar-refractivity contribution is -0.154. The fourth-order valence-corrected chi connectivity index (χ4v) is 7.50. The smallest absolute Gasteiger partial charge is 0.306 e. The van der Waals surface area contributed by atoms with Gasteiger partial charge in [-0.1, -0.05) is 19.9 Å². The van der Waals surface area contributed by atoms with Crippen LogP contribution >= 0.6 is 0 Å². The Labute approximate surface area is 168 Å². The first-order chi connectivity index (χ1) is 13.2. The maximum Gasteiger partial charge on any atom is 0.306 e. The lowest BCUT2D eigenvalue weighted by atomic mass is 9.48. The number of fused-ring (bicyclic) bond motifs is 5. The molecule has 28 heavy (non-hydrogen) atoms. The Morgan fingerprint density at radius 3 is 2.79 bits per heavy atom. The molecule has 0 bridgehead atoms. The monoisotopic (exact) mass is 389 g/mol. The number of hydrogen-bond acceptors (Lipinski definition) is 4. The Balaban J connectivity index is 1.60. The van der Waals surface area contributed by atoms with Gasteiger partial charge in [0.1, 0.15) is 0 Å². The van der Waals surface area contributed by atoms with Crippen molar-refractivity contribution in [3.05, 3.63) is 12.2 Å². The van der Waals surface area contributed by atoms with E-state index in [1.807, 2.05) is 18.9 Å². The zero-order valence-electron chi connectivity index (χ0n) is 17.7. The highest BCUT2D eigenvalue weighted by Gasteiger charge is 2.62. The molecule has 5 heteroatoms. The third kappa shape index (κ3) is 2.92. The standard InChI is InChI=1S/C23H35NO4/c1-5-28-20(27)11-14-10-16-21-15(6-8-22(16,2)13-14)23(3)9-7-19(26)24(4)18(23)12-17(21)25/h7,9,14-18,21,25H,5-6,8,10-13H2,1-4H3/t14?,15-,16+,17?,18?,21-,22-,23-/m1/s1. The van der Waals surface area contributed by atoms with Crippen molar-refractivity contribution in [1.29, 1.82) is 0 Å². The van der Waals surface area contributed by atoms with Crippen LogP contribution in [0.4, 0.5) is 0 Å². The van der Waals surface area contributed by atoms with Gasteiger partial charge in [0.25, 0.3) is 0 Å². The number of likely N-dealkylation sites (N-methyl/N-ethyl adjacent to an activating group) is 1. The third-order valence-electron chi connectivity index (χ3n) is 8.78. The van der Waals surface area contributed by atoms with Crippen LogP contribution in [0.25, 0.3) is 0 Å². The van der Waals surface area contributed by atoms with E-state index in [9.17, 15) is 14.7 Å². The van der Waals surface area contributed by atoms with E-state index in [0.717, 1.165) is 25.7 Å². The molecule has 1 aliphatic heterocycles. The number of hydrogen-bond donors (Lipinski definition) is 1. The minimum atomic E-state index is -0.379. The van der Waals surface area contributed by atoms with Crippen LogP contribution in [0, 0.1) is 34.5 Å². The van der Waals surface area contributed by atoms with E-state index < -0.39 is 0 Å². The van der Waals surface area contributed by atoms with Crippen LogP contribution in [-0.4, -0.2) is 47.7 Å². The molecule has 3 fully saturated rings. The zero-order chi connectivity index (χ0) is 20.3. The summed E-state index contributed by atoms with van der Waals surface area (Å²) >= 11 is 0. The second-order valence-electron chi connectivity index (χ2n) is 10.3. The molecule has 3 saturated carbocycles. The van der Waals surface area contributed by atoms with Gasteiger partial charge in [0.05, 0.1) is 12.7 Å². The summed E-state index contributed by atoms with van der Waals surface area (Å²) in [6.07, 6.45) is 8.93. The third-order valence-corrected chi connectivity index (χ3v) is 8.78. The number of aliphatic hydroxyl groups is 1. The summed E-state index contributed by atoms with van der Waals surface area (Å²) in [4.78, 5) is 26.1. The van der Waals surface area contributed by atoms with Crippen LogP contribution < -0.4 is 0 Å². The Morgan fingerprint density at radius 1 is 1.32 bits per heavy atom. The summed E-state index contributed by atoms with van der Waals surface area (Å²) in [5, 5.41) is 11.2. The summed E-state index contributed by atoms with van der Waals surface area (Å²) < 4.78 is 5.19. The van der Waals surface area contributed by atoms with Crippen molar-refractivity contribution < 1.29 is 19.4 Å². The normalized spacial score (nSPS) is 47.3. The molecule has 5 nitrogen and oxygen atoms in total. The lowest BCUT2D eigenvalue weighted by Crippen LogP contribution is -2.63. The van der Waals surface area contributed by atoms with Gasteiger partial charge in [0.15, 0.2) is 0 Å². The Morgan fingerprint density at radius 2 is 2.07 bits per heavy atom. The van der Waals surface area contributed by atoms with Crippen LogP contribution in [-0.2, 0) is 14.3 Å². The fraction of sp³-hybridized carbons (Fsp3) is 0.826. The van der Waals surface area contributed by atoms with Crippen LogP contribution in [0.1, 0.15) is 59.3 Å². The lowest BCUT2D eigenvalue weighted by Gasteiger charge is -2.61. The number of carbonyl (C=O) groups is 2. The van der Waals surface area contributed by atoms with Crippen LogP contribution in [0.15, 0.2) is 12.2 Å². The molecule has 1 heterocycles. The van der Waals surface area contributed by atoms with E-state index in [2.05, 4.69) is 19.9 Å². The first kappa shape index (κ1) is 19.9. The number of nitrogens with zero attached hydrogens (tertiary/aromatic N) is 1. The number of carbonyl (C=O) groups excluding carboxylic acids is 2. The average Bonchev–Trinajstić information content (AvgIpc) is 2.96. The topological polar surface area (TPSA) is 66.8 Å². The van der Waals surface area contributed by atoms with Gasteiger partial charge < -0.3 is 14.7 Å².